The monoisotopic (exact) mass is 232 g/mol. The Labute approximate surface area is 98.7 Å². The van der Waals surface area contributed by atoms with E-state index in [4.69, 9.17) is 14.6 Å². The van der Waals surface area contributed by atoms with Crippen molar-refractivity contribution < 1.29 is 19.7 Å². The van der Waals surface area contributed by atoms with Crippen LogP contribution in [0.1, 0.15) is 0 Å². The Morgan fingerprint density at radius 2 is 1.71 bits per heavy atom. The molecule has 2 aromatic carbocycles. The molecule has 88 valence electrons. The van der Waals surface area contributed by atoms with E-state index in [9.17, 15) is 5.11 Å². The molecule has 2 rings (SSSR count). The highest BCUT2D eigenvalue weighted by Crippen LogP contribution is 2.34. The molecule has 0 saturated carbocycles. The van der Waals surface area contributed by atoms with Crippen LogP contribution in [-0.4, -0.2) is 17.3 Å². The number of aromatic hydroxyl groups is 2. The Kier molecular flexibility index (Phi) is 3.05. The maximum atomic E-state index is 9.56. The molecule has 17 heavy (non-hydrogen) atoms. The normalized spacial score (nSPS) is 9.94. The SMILES string of the molecule is COc1cccc(Oc2ccc(O)cc2O)c1. The molecule has 0 saturated heterocycles. The van der Waals surface area contributed by atoms with Crippen LogP contribution in [0.4, 0.5) is 0 Å². The standard InChI is InChI=1S/C13H12O4/c1-16-10-3-2-4-11(8-10)17-13-6-5-9(14)7-12(13)15/h2-8,14-15H,1H3. The fraction of sp³-hybridized carbons (Fsp3) is 0.0769. The first-order chi connectivity index (χ1) is 8.19. The van der Waals surface area contributed by atoms with E-state index in [1.807, 2.05) is 0 Å². The number of rotatable bonds is 3. The minimum atomic E-state index is -0.118. The van der Waals surface area contributed by atoms with E-state index < -0.39 is 0 Å². The van der Waals surface area contributed by atoms with Crippen molar-refractivity contribution in [2.24, 2.45) is 0 Å². The van der Waals surface area contributed by atoms with Crippen LogP contribution in [0.5, 0.6) is 28.7 Å². The lowest BCUT2D eigenvalue weighted by molar-refractivity contribution is 0.394. The summed E-state index contributed by atoms with van der Waals surface area (Å²) in [6.07, 6.45) is 0. The molecular weight excluding hydrogens is 220 g/mol. The van der Waals surface area contributed by atoms with Crippen molar-refractivity contribution in [1.29, 1.82) is 0 Å². The highest BCUT2D eigenvalue weighted by Gasteiger charge is 2.05. The fourth-order valence-electron chi connectivity index (χ4n) is 1.38. The molecule has 0 spiro atoms. The van der Waals surface area contributed by atoms with Crippen LogP contribution in [-0.2, 0) is 0 Å². The lowest BCUT2D eigenvalue weighted by Crippen LogP contribution is -1.87. The highest BCUT2D eigenvalue weighted by molar-refractivity contribution is 5.46. The van der Waals surface area contributed by atoms with Crippen LogP contribution < -0.4 is 9.47 Å². The first-order valence-corrected chi connectivity index (χ1v) is 5.03. The zero-order chi connectivity index (χ0) is 12.3. The molecule has 0 heterocycles. The van der Waals surface area contributed by atoms with Gasteiger partial charge in [-0.05, 0) is 24.3 Å². The molecule has 2 aromatic rings. The summed E-state index contributed by atoms with van der Waals surface area (Å²) in [5, 5.41) is 18.7. The summed E-state index contributed by atoms with van der Waals surface area (Å²) in [6.45, 7) is 0. The van der Waals surface area contributed by atoms with E-state index in [0.29, 0.717) is 11.5 Å². The van der Waals surface area contributed by atoms with Crippen molar-refractivity contribution >= 4 is 0 Å². The molecule has 0 aliphatic heterocycles. The van der Waals surface area contributed by atoms with Gasteiger partial charge in [0.15, 0.2) is 11.5 Å². The summed E-state index contributed by atoms with van der Waals surface area (Å²) < 4.78 is 10.5. The van der Waals surface area contributed by atoms with Crippen LogP contribution in [0, 0.1) is 0 Å². The van der Waals surface area contributed by atoms with Crippen LogP contribution in [0.2, 0.25) is 0 Å². The van der Waals surface area contributed by atoms with Gasteiger partial charge in [-0.2, -0.15) is 0 Å². The maximum absolute atomic E-state index is 9.56. The van der Waals surface area contributed by atoms with E-state index in [1.165, 1.54) is 18.2 Å². The molecule has 0 aliphatic carbocycles. The second-order valence-electron chi connectivity index (χ2n) is 3.43. The van der Waals surface area contributed by atoms with Gasteiger partial charge in [0.1, 0.15) is 17.2 Å². The van der Waals surface area contributed by atoms with E-state index in [2.05, 4.69) is 0 Å². The third-order valence-electron chi connectivity index (χ3n) is 2.21. The Bertz CT molecular complexity index is 523. The summed E-state index contributed by atoms with van der Waals surface area (Å²) in [5.41, 5.74) is 0. The van der Waals surface area contributed by atoms with Gasteiger partial charge in [-0.3, -0.25) is 0 Å². The molecule has 4 nitrogen and oxygen atoms in total. The molecule has 0 fully saturated rings. The van der Waals surface area contributed by atoms with E-state index in [-0.39, 0.29) is 17.2 Å². The molecule has 0 bridgehead atoms. The summed E-state index contributed by atoms with van der Waals surface area (Å²) in [4.78, 5) is 0. The quantitative estimate of drug-likeness (QED) is 0.854. The summed E-state index contributed by atoms with van der Waals surface area (Å²) in [5.74, 6) is 1.36. The first-order valence-electron chi connectivity index (χ1n) is 5.03. The van der Waals surface area contributed by atoms with Gasteiger partial charge in [-0.25, -0.2) is 0 Å². The van der Waals surface area contributed by atoms with Crippen LogP contribution in [0.25, 0.3) is 0 Å². The van der Waals surface area contributed by atoms with Gasteiger partial charge in [-0.1, -0.05) is 6.07 Å². The molecule has 0 amide bonds. The van der Waals surface area contributed by atoms with E-state index >= 15 is 0 Å². The predicted octanol–water partition coefficient (Wildman–Crippen LogP) is 2.90. The van der Waals surface area contributed by atoms with Crippen LogP contribution in [0.3, 0.4) is 0 Å². The Hall–Kier alpha value is -2.36. The van der Waals surface area contributed by atoms with Crippen molar-refractivity contribution in [2.45, 2.75) is 0 Å². The third kappa shape index (κ3) is 2.60. The molecule has 0 aromatic heterocycles. The second-order valence-corrected chi connectivity index (χ2v) is 3.43. The number of benzene rings is 2. The molecular formula is C13H12O4. The average molecular weight is 232 g/mol. The lowest BCUT2D eigenvalue weighted by Gasteiger charge is -2.08. The smallest absolute Gasteiger partial charge is 0.169 e. The molecule has 0 unspecified atom stereocenters. The number of phenolic OH excluding ortho intramolecular Hbond substituents is 2. The number of methoxy groups -OCH3 is 1. The van der Waals surface area contributed by atoms with Crippen LogP contribution in [0.15, 0.2) is 42.5 Å². The Morgan fingerprint density at radius 3 is 2.41 bits per heavy atom. The number of phenols is 2. The summed E-state index contributed by atoms with van der Waals surface area (Å²) in [7, 11) is 1.57. The van der Waals surface area contributed by atoms with E-state index in [1.54, 1.807) is 31.4 Å². The first kappa shape index (κ1) is 11.1. The Balaban J connectivity index is 2.25. The van der Waals surface area contributed by atoms with Gasteiger partial charge in [0.25, 0.3) is 0 Å². The van der Waals surface area contributed by atoms with Gasteiger partial charge in [0.05, 0.1) is 7.11 Å². The molecule has 4 heteroatoms. The van der Waals surface area contributed by atoms with Gasteiger partial charge in [0, 0.05) is 12.1 Å². The molecule has 2 N–H and O–H groups in total. The van der Waals surface area contributed by atoms with Crippen molar-refractivity contribution in [2.75, 3.05) is 7.11 Å². The van der Waals surface area contributed by atoms with Crippen molar-refractivity contribution in [3.63, 3.8) is 0 Å². The average Bonchev–Trinajstić information content (AvgIpc) is 2.33. The predicted molar refractivity (Wildman–Crippen MR) is 62.8 cm³/mol. The van der Waals surface area contributed by atoms with Gasteiger partial charge in [0.2, 0.25) is 0 Å². The largest absolute Gasteiger partial charge is 0.508 e. The molecule has 0 atom stereocenters. The number of hydrogen-bond donors (Lipinski definition) is 2. The minimum absolute atomic E-state index is 0.0134. The Morgan fingerprint density at radius 1 is 0.941 bits per heavy atom. The van der Waals surface area contributed by atoms with E-state index in [0.717, 1.165) is 0 Å². The second kappa shape index (κ2) is 4.65. The lowest BCUT2D eigenvalue weighted by atomic mass is 10.3. The zero-order valence-electron chi connectivity index (χ0n) is 9.25. The zero-order valence-corrected chi connectivity index (χ0v) is 9.25. The maximum Gasteiger partial charge on any atom is 0.169 e. The van der Waals surface area contributed by atoms with Gasteiger partial charge in [-0.15, -0.1) is 0 Å². The minimum Gasteiger partial charge on any atom is -0.508 e. The van der Waals surface area contributed by atoms with Gasteiger partial charge < -0.3 is 19.7 Å². The van der Waals surface area contributed by atoms with Crippen LogP contribution >= 0.6 is 0 Å². The van der Waals surface area contributed by atoms with Gasteiger partial charge >= 0.3 is 0 Å². The topological polar surface area (TPSA) is 58.9 Å². The number of hydrogen-bond acceptors (Lipinski definition) is 4. The van der Waals surface area contributed by atoms with Crippen molar-refractivity contribution in [1.82, 2.24) is 0 Å². The summed E-state index contributed by atoms with van der Waals surface area (Å²) in [6, 6.07) is 11.2. The van der Waals surface area contributed by atoms with Crippen molar-refractivity contribution in [3.8, 4) is 28.7 Å². The van der Waals surface area contributed by atoms with Crippen molar-refractivity contribution in [3.05, 3.63) is 42.5 Å². The highest BCUT2D eigenvalue weighted by atomic mass is 16.5. The molecule has 0 radical (unpaired) electrons. The third-order valence-corrected chi connectivity index (χ3v) is 2.21. The summed E-state index contributed by atoms with van der Waals surface area (Å²) >= 11 is 0. The fourth-order valence-corrected chi connectivity index (χ4v) is 1.38. The molecule has 0 aliphatic rings. The number of ether oxygens (including phenoxy) is 2.